The van der Waals surface area contributed by atoms with Crippen LogP contribution >= 0.6 is 11.8 Å². The lowest BCUT2D eigenvalue weighted by molar-refractivity contribution is 0.218. The molecule has 0 aromatic carbocycles. The third kappa shape index (κ3) is 3.97. The van der Waals surface area contributed by atoms with Crippen molar-refractivity contribution in [2.24, 2.45) is 7.05 Å². The van der Waals surface area contributed by atoms with Crippen molar-refractivity contribution >= 4 is 21.8 Å². The van der Waals surface area contributed by atoms with Crippen molar-refractivity contribution in [3.63, 3.8) is 0 Å². The van der Waals surface area contributed by atoms with Crippen molar-refractivity contribution in [3.05, 3.63) is 36.5 Å². The number of thioether (sulfide) groups is 1. The summed E-state index contributed by atoms with van der Waals surface area (Å²) in [6.07, 6.45) is 6.15. The van der Waals surface area contributed by atoms with Crippen LogP contribution in [0.2, 0.25) is 0 Å². The number of furan rings is 1. The van der Waals surface area contributed by atoms with Crippen LogP contribution in [0.5, 0.6) is 0 Å². The van der Waals surface area contributed by atoms with Gasteiger partial charge in [-0.25, -0.2) is 13.1 Å². The number of rotatable bonds is 6. The molecule has 3 heterocycles. The molecule has 3 rings (SSSR count). The second-order valence-corrected chi connectivity index (χ2v) is 8.41. The van der Waals surface area contributed by atoms with Gasteiger partial charge >= 0.3 is 0 Å². The number of aromatic nitrogens is 2. The fourth-order valence-corrected chi connectivity index (χ4v) is 4.57. The Balaban J connectivity index is 1.73. The summed E-state index contributed by atoms with van der Waals surface area (Å²) in [5.41, 5.74) is 0.991. The number of nitrogens with one attached hydrogen (secondary N) is 1. The fourth-order valence-electron chi connectivity index (χ4n) is 2.62. The Kier molecular flexibility index (Phi) is 5.10. The van der Waals surface area contributed by atoms with Crippen LogP contribution < -0.4 is 4.72 Å². The SMILES string of the molecule is Cn1cc(S(=O)(=O)NC[C@@H](c2ccoc2)N2CCSCC2)cn1. The molecule has 2 aromatic heterocycles. The first-order valence-electron chi connectivity index (χ1n) is 7.38. The molecular weight excluding hydrogens is 336 g/mol. The van der Waals surface area contributed by atoms with Gasteiger partial charge in [-0.1, -0.05) is 0 Å². The van der Waals surface area contributed by atoms with Crippen molar-refractivity contribution < 1.29 is 12.8 Å². The largest absolute Gasteiger partial charge is 0.472 e. The van der Waals surface area contributed by atoms with Crippen LogP contribution in [0, 0.1) is 0 Å². The van der Waals surface area contributed by atoms with E-state index in [0.717, 1.165) is 30.2 Å². The molecule has 0 radical (unpaired) electrons. The van der Waals surface area contributed by atoms with Crippen molar-refractivity contribution in [1.29, 1.82) is 0 Å². The maximum atomic E-state index is 12.4. The lowest BCUT2D eigenvalue weighted by atomic mass is 10.1. The summed E-state index contributed by atoms with van der Waals surface area (Å²) in [5.74, 6) is 2.12. The van der Waals surface area contributed by atoms with Gasteiger partial charge < -0.3 is 4.42 Å². The molecule has 1 fully saturated rings. The lowest BCUT2D eigenvalue weighted by Crippen LogP contribution is -2.41. The van der Waals surface area contributed by atoms with Gasteiger partial charge in [-0.2, -0.15) is 16.9 Å². The van der Waals surface area contributed by atoms with E-state index >= 15 is 0 Å². The fraction of sp³-hybridized carbons (Fsp3) is 0.500. The molecule has 0 bridgehead atoms. The van der Waals surface area contributed by atoms with Crippen LogP contribution in [-0.4, -0.2) is 54.2 Å². The zero-order chi connectivity index (χ0) is 16.3. The van der Waals surface area contributed by atoms with Crippen LogP contribution in [0.3, 0.4) is 0 Å². The first-order valence-corrected chi connectivity index (χ1v) is 10.0. The van der Waals surface area contributed by atoms with Gasteiger partial charge in [0, 0.05) is 49.9 Å². The number of aryl methyl sites for hydroxylation is 1. The van der Waals surface area contributed by atoms with Crippen molar-refractivity contribution in [2.45, 2.75) is 10.9 Å². The molecule has 1 aliphatic rings. The van der Waals surface area contributed by atoms with E-state index in [2.05, 4.69) is 14.7 Å². The Morgan fingerprint density at radius 1 is 1.43 bits per heavy atom. The number of nitrogens with zero attached hydrogens (tertiary/aromatic N) is 3. The molecule has 2 aromatic rings. The molecule has 1 N–H and O–H groups in total. The van der Waals surface area contributed by atoms with Crippen LogP contribution in [0.4, 0.5) is 0 Å². The molecule has 0 saturated carbocycles. The van der Waals surface area contributed by atoms with Crippen molar-refractivity contribution in [2.75, 3.05) is 31.1 Å². The molecular formula is C14H20N4O3S2. The van der Waals surface area contributed by atoms with Gasteiger partial charge in [-0.05, 0) is 6.07 Å². The summed E-state index contributed by atoms with van der Waals surface area (Å²) in [7, 11) is -1.87. The minimum Gasteiger partial charge on any atom is -0.472 e. The smallest absolute Gasteiger partial charge is 0.243 e. The van der Waals surface area contributed by atoms with Gasteiger partial charge in [0.05, 0.1) is 24.8 Å². The molecule has 7 nitrogen and oxygen atoms in total. The van der Waals surface area contributed by atoms with E-state index in [9.17, 15) is 8.42 Å². The molecule has 126 valence electrons. The standard InChI is InChI=1S/C14H20N4O3S2/c1-17-10-13(8-15-17)23(19,20)16-9-14(12-2-5-21-11-12)18-3-6-22-7-4-18/h2,5,8,10-11,14,16H,3-4,6-7,9H2,1H3/t14-/m0/s1. The summed E-state index contributed by atoms with van der Waals surface area (Å²) >= 11 is 1.92. The van der Waals surface area contributed by atoms with E-state index in [4.69, 9.17) is 4.42 Å². The van der Waals surface area contributed by atoms with Crippen LogP contribution in [-0.2, 0) is 17.1 Å². The van der Waals surface area contributed by atoms with E-state index in [1.54, 1.807) is 19.6 Å². The highest BCUT2D eigenvalue weighted by molar-refractivity contribution is 7.99. The molecule has 0 aliphatic carbocycles. The van der Waals surface area contributed by atoms with Gasteiger partial charge in [-0.3, -0.25) is 9.58 Å². The summed E-state index contributed by atoms with van der Waals surface area (Å²) in [6, 6.07) is 1.87. The molecule has 0 unspecified atom stereocenters. The highest BCUT2D eigenvalue weighted by Crippen LogP contribution is 2.24. The maximum Gasteiger partial charge on any atom is 0.243 e. The zero-order valence-corrected chi connectivity index (χ0v) is 14.5. The number of hydrogen-bond donors (Lipinski definition) is 1. The normalized spacial score (nSPS) is 18.1. The van der Waals surface area contributed by atoms with Gasteiger partial charge in [0.15, 0.2) is 0 Å². The second kappa shape index (κ2) is 7.08. The Bertz CT molecular complexity index is 721. The minimum atomic E-state index is -3.56. The second-order valence-electron chi connectivity index (χ2n) is 5.42. The van der Waals surface area contributed by atoms with E-state index in [1.807, 2.05) is 17.8 Å². The van der Waals surface area contributed by atoms with Crippen molar-refractivity contribution in [3.8, 4) is 0 Å². The highest BCUT2D eigenvalue weighted by atomic mass is 32.2. The van der Waals surface area contributed by atoms with E-state index in [0.29, 0.717) is 6.54 Å². The molecule has 1 atom stereocenters. The van der Waals surface area contributed by atoms with Gasteiger partial charge in [-0.15, -0.1) is 0 Å². The third-order valence-electron chi connectivity index (χ3n) is 3.87. The number of hydrogen-bond acceptors (Lipinski definition) is 6. The van der Waals surface area contributed by atoms with Crippen LogP contribution in [0.15, 0.2) is 40.3 Å². The van der Waals surface area contributed by atoms with Crippen molar-refractivity contribution in [1.82, 2.24) is 19.4 Å². The molecule has 23 heavy (non-hydrogen) atoms. The van der Waals surface area contributed by atoms with Crippen LogP contribution in [0.1, 0.15) is 11.6 Å². The monoisotopic (exact) mass is 356 g/mol. The molecule has 1 saturated heterocycles. The topological polar surface area (TPSA) is 80.4 Å². The van der Waals surface area contributed by atoms with Gasteiger partial charge in [0.25, 0.3) is 0 Å². The summed E-state index contributed by atoms with van der Waals surface area (Å²) in [4.78, 5) is 2.48. The molecule has 1 aliphatic heterocycles. The number of sulfonamides is 1. The first kappa shape index (κ1) is 16.6. The average Bonchev–Trinajstić information content (AvgIpc) is 3.20. The predicted octanol–water partition coefficient (Wildman–Crippen LogP) is 1.08. The zero-order valence-electron chi connectivity index (χ0n) is 12.9. The Labute approximate surface area is 140 Å². The first-order chi connectivity index (χ1) is 11.1. The Morgan fingerprint density at radius 3 is 2.83 bits per heavy atom. The van der Waals surface area contributed by atoms with Gasteiger partial charge in [0.2, 0.25) is 10.0 Å². The lowest BCUT2D eigenvalue weighted by Gasteiger charge is -2.33. The molecule has 0 spiro atoms. The third-order valence-corrected chi connectivity index (χ3v) is 6.19. The Hall–Kier alpha value is -1.29. The average molecular weight is 356 g/mol. The summed E-state index contributed by atoms with van der Waals surface area (Å²) in [5, 5.41) is 3.92. The maximum absolute atomic E-state index is 12.4. The Morgan fingerprint density at radius 2 is 2.22 bits per heavy atom. The highest BCUT2D eigenvalue weighted by Gasteiger charge is 2.26. The predicted molar refractivity (Wildman–Crippen MR) is 88.7 cm³/mol. The van der Waals surface area contributed by atoms with E-state index < -0.39 is 10.0 Å². The van der Waals surface area contributed by atoms with Gasteiger partial charge in [0.1, 0.15) is 4.90 Å². The van der Waals surface area contributed by atoms with Crippen LogP contribution in [0.25, 0.3) is 0 Å². The van der Waals surface area contributed by atoms with E-state index in [1.165, 1.54) is 17.1 Å². The summed E-state index contributed by atoms with van der Waals surface area (Å²) in [6.45, 7) is 2.19. The molecule has 9 heteroatoms. The minimum absolute atomic E-state index is 0.0268. The summed E-state index contributed by atoms with van der Waals surface area (Å²) < 4.78 is 34.1. The molecule has 0 amide bonds. The quantitative estimate of drug-likeness (QED) is 0.834. The van der Waals surface area contributed by atoms with E-state index in [-0.39, 0.29) is 10.9 Å².